The highest BCUT2D eigenvalue weighted by Gasteiger charge is 2.52. The number of sulfone groups is 1. The van der Waals surface area contributed by atoms with Crippen LogP contribution < -0.4 is 5.32 Å². The number of halogens is 2. The number of aromatic nitrogens is 2. The van der Waals surface area contributed by atoms with E-state index in [1.807, 2.05) is 13.8 Å². The number of rotatable bonds is 8. The molecule has 0 bridgehead atoms. The highest BCUT2D eigenvalue weighted by atomic mass is 35.5. The van der Waals surface area contributed by atoms with Crippen LogP contribution in [0.1, 0.15) is 62.4 Å². The molecule has 0 unspecified atom stereocenters. The van der Waals surface area contributed by atoms with Gasteiger partial charge in [-0.05, 0) is 42.7 Å². The van der Waals surface area contributed by atoms with Crippen molar-refractivity contribution in [2.75, 3.05) is 11.1 Å². The van der Waals surface area contributed by atoms with Crippen molar-refractivity contribution in [3.8, 4) is 0 Å². The third kappa shape index (κ3) is 4.85. The first kappa shape index (κ1) is 24.7. The molecule has 1 aliphatic carbocycles. The number of carbonyl (C=O) groups excluding carboxylic acids is 1. The molecule has 1 aliphatic rings. The fraction of sp³-hybridized carbons (Fsp3) is 0.375. The van der Waals surface area contributed by atoms with Crippen LogP contribution in [0.3, 0.4) is 0 Å². The van der Waals surface area contributed by atoms with E-state index in [2.05, 4.69) is 15.5 Å². The van der Waals surface area contributed by atoms with E-state index in [1.54, 1.807) is 31.2 Å². The zero-order valence-corrected chi connectivity index (χ0v) is 21.4. The van der Waals surface area contributed by atoms with Crippen molar-refractivity contribution in [3.63, 3.8) is 0 Å². The van der Waals surface area contributed by atoms with E-state index in [1.165, 1.54) is 12.1 Å². The van der Waals surface area contributed by atoms with E-state index < -0.39 is 15.3 Å². The van der Waals surface area contributed by atoms with Crippen molar-refractivity contribution in [2.24, 2.45) is 0 Å². The van der Waals surface area contributed by atoms with E-state index in [0.29, 0.717) is 33.0 Å². The first-order chi connectivity index (χ1) is 16.1. The molecule has 10 heteroatoms. The molecule has 1 N–H and O–H groups in total. The minimum atomic E-state index is -3.28. The SMILES string of the molecule is CCS(=O)(=O)c1ccc(CC(=O)Nc2cc(Cl)c(C3(c4noc(C(C)C)n4)CC3)c(Cl)c2)cc1. The molecule has 0 saturated heterocycles. The van der Waals surface area contributed by atoms with Crippen molar-refractivity contribution in [1.29, 1.82) is 0 Å². The van der Waals surface area contributed by atoms with E-state index >= 15 is 0 Å². The summed E-state index contributed by atoms with van der Waals surface area (Å²) >= 11 is 13.2. The van der Waals surface area contributed by atoms with Gasteiger partial charge in [-0.2, -0.15) is 4.98 Å². The average molecular weight is 522 g/mol. The molecule has 34 heavy (non-hydrogen) atoms. The molecular weight excluding hydrogens is 497 g/mol. The number of nitrogens with zero attached hydrogens (tertiary/aromatic N) is 2. The van der Waals surface area contributed by atoms with Gasteiger partial charge in [0.25, 0.3) is 0 Å². The second-order valence-electron chi connectivity index (χ2n) is 8.78. The third-order valence-corrected chi connectivity index (χ3v) is 8.29. The lowest BCUT2D eigenvalue weighted by Crippen LogP contribution is -2.16. The molecule has 0 radical (unpaired) electrons. The second-order valence-corrected chi connectivity index (χ2v) is 11.9. The summed E-state index contributed by atoms with van der Waals surface area (Å²) in [6.45, 7) is 5.56. The summed E-state index contributed by atoms with van der Waals surface area (Å²) in [5.41, 5.74) is 1.42. The van der Waals surface area contributed by atoms with E-state index in [-0.39, 0.29) is 28.9 Å². The molecular formula is C24H25Cl2N3O4S. The topological polar surface area (TPSA) is 102 Å². The van der Waals surface area contributed by atoms with Crippen LogP contribution in [0.4, 0.5) is 5.69 Å². The molecule has 1 aromatic heterocycles. The Morgan fingerprint density at radius 1 is 1.15 bits per heavy atom. The van der Waals surface area contributed by atoms with Gasteiger partial charge in [0.2, 0.25) is 11.8 Å². The van der Waals surface area contributed by atoms with Gasteiger partial charge in [-0.15, -0.1) is 0 Å². The van der Waals surface area contributed by atoms with Crippen LogP contribution in [0.5, 0.6) is 0 Å². The Kier molecular flexibility index (Phi) is 6.77. The fourth-order valence-electron chi connectivity index (χ4n) is 3.85. The van der Waals surface area contributed by atoms with Crippen molar-refractivity contribution in [2.45, 2.75) is 56.3 Å². The van der Waals surface area contributed by atoms with Gasteiger partial charge in [-0.3, -0.25) is 4.79 Å². The van der Waals surface area contributed by atoms with Crippen LogP contribution in [0.25, 0.3) is 0 Å². The first-order valence-electron chi connectivity index (χ1n) is 11.0. The lowest BCUT2D eigenvalue weighted by Gasteiger charge is -2.17. The van der Waals surface area contributed by atoms with Gasteiger partial charge < -0.3 is 9.84 Å². The Balaban J connectivity index is 1.49. The molecule has 0 spiro atoms. The minimum absolute atomic E-state index is 0.0250. The van der Waals surface area contributed by atoms with Crippen LogP contribution in [0, 0.1) is 0 Å². The lowest BCUT2D eigenvalue weighted by molar-refractivity contribution is -0.115. The number of hydrogen-bond donors (Lipinski definition) is 1. The number of nitrogens with one attached hydrogen (secondary N) is 1. The summed E-state index contributed by atoms with van der Waals surface area (Å²) in [4.78, 5) is 17.4. The van der Waals surface area contributed by atoms with Crippen LogP contribution in [-0.2, 0) is 26.5 Å². The molecule has 0 aliphatic heterocycles. The van der Waals surface area contributed by atoms with Crippen molar-refractivity contribution >= 4 is 44.6 Å². The first-order valence-corrected chi connectivity index (χ1v) is 13.4. The van der Waals surface area contributed by atoms with Gasteiger partial charge in [-0.25, -0.2) is 8.42 Å². The van der Waals surface area contributed by atoms with Crippen molar-refractivity contribution in [3.05, 3.63) is 69.3 Å². The number of benzene rings is 2. The van der Waals surface area contributed by atoms with E-state index in [0.717, 1.165) is 18.4 Å². The van der Waals surface area contributed by atoms with Gasteiger partial charge in [0.15, 0.2) is 15.7 Å². The molecule has 4 rings (SSSR count). The van der Waals surface area contributed by atoms with Gasteiger partial charge in [0.1, 0.15) is 0 Å². The summed E-state index contributed by atoms with van der Waals surface area (Å²) in [5, 5.41) is 7.82. The Morgan fingerprint density at radius 3 is 2.26 bits per heavy atom. The van der Waals surface area contributed by atoms with Crippen molar-refractivity contribution < 1.29 is 17.7 Å². The largest absolute Gasteiger partial charge is 0.339 e. The summed E-state index contributed by atoms with van der Waals surface area (Å²) < 4.78 is 29.3. The molecule has 1 saturated carbocycles. The Morgan fingerprint density at radius 2 is 1.76 bits per heavy atom. The average Bonchev–Trinajstić information content (AvgIpc) is 3.39. The second kappa shape index (κ2) is 9.32. The molecule has 2 aromatic carbocycles. The molecule has 1 amide bonds. The Bertz CT molecular complexity index is 1310. The normalized spacial score (nSPS) is 14.9. The monoisotopic (exact) mass is 521 g/mol. The summed E-state index contributed by atoms with van der Waals surface area (Å²) in [6, 6.07) is 9.64. The van der Waals surface area contributed by atoms with Gasteiger partial charge in [-0.1, -0.05) is 61.3 Å². The highest BCUT2D eigenvalue weighted by molar-refractivity contribution is 7.91. The Labute approximate surface area is 208 Å². The van der Waals surface area contributed by atoms with Crippen LogP contribution in [0.15, 0.2) is 45.8 Å². The van der Waals surface area contributed by atoms with Crippen LogP contribution in [0.2, 0.25) is 10.0 Å². The van der Waals surface area contributed by atoms with Crippen molar-refractivity contribution in [1.82, 2.24) is 10.1 Å². The van der Waals surface area contributed by atoms with E-state index in [4.69, 9.17) is 27.7 Å². The maximum absolute atomic E-state index is 12.6. The maximum Gasteiger partial charge on any atom is 0.229 e. The number of amides is 1. The van der Waals surface area contributed by atoms with Crippen LogP contribution in [-0.4, -0.2) is 30.2 Å². The van der Waals surface area contributed by atoms with E-state index in [9.17, 15) is 13.2 Å². The molecule has 1 heterocycles. The quantitative estimate of drug-likeness (QED) is 0.416. The molecule has 7 nitrogen and oxygen atoms in total. The number of hydrogen-bond acceptors (Lipinski definition) is 6. The number of anilines is 1. The summed E-state index contributed by atoms with van der Waals surface area (Å²) in [7, 11) is -3.28. The number of carbonyl (C=O) groups is 1. The standard InChI is InChI=1S/C24H25Cl2N3O4S/c1-4-34(31,32)17-7-5-15(6-8-17)11-20(30)27-16-12-18(25)21(19(26)13-16)24(9-10-24)23-28-22(14(2)3)33-29-23/h5-8,12-14H,4,9-11H2,1-3H3,(H,27,30). The predicted octanol–water partition coefficient (Wildman–Crippen LogP) is 5.55. The zero-order valence-electron chi connectivity index (χ0n) is 19.1. The third-order valence-electron chi connectivity index (χ3n) is 5.95. The smallest absolute Gasteiger partial charge is 0.229 e. The van der Waals surface area contributed by atoms with Crippen LogP contribution >= 0.6 is 23.2 Å². The maximum atomic E-state index is 12.6. The molecule has 180 valence electrons. The van der Waals surface area contributed by atoms with Gasteiger partial charge in [0.05, 0.1) is 22.5 Å². The minimum Gasteiger partial charge on any atom is -0.339 e. The van der Waals surface area contributed by atoms with Gasteiger partial charge in [0, 0.05) is 27.2 Å². The molecule has 3 aromatic rings. The predicted molar refractivity (Wildman–Crippen MR) is 131 cm³/mol. The van der Waals surface area contributed by atoms with Gasteiger partial charge >= 0.3 is 0 Å². The molecule has 0 atom stereocenters. The highest BCUT2D eigenvalue weighted by Crippen LogP contribution is 2.56. The zero-order chi connectivity index (χ0) is 24.7. The molecule has 1 fully saturated rings. The lowest BCUT2D eigenvalue weighted by atomic mass is 9.94. The Hall–Kier alpha value is -2.42. The summed E-state index contributed by atoms with van der Waals surface area (Å²) in [6.07, 6.45) is 1.69. The fourth-order valence-corrected chi connectivity index (χ4v) is 5.58. The summed E-state index contributed by atoms with van der Waals surface area (Å²) in [5.74, 6) is 1.01.